The summed E-state index contributed by atoms with van der Waals surface area (Å²) in [7, 11) is 0. The minimum absolute atomic E-state index is 0.151. The van der Waals surface area contributed by atoms with Crippen LogP contribution in [0, 0.1) is 13.8 Å². The molecule has 2 rings (SSSR count). The van der Waals surface area contributed by atoms with Gasteiger partial charge in [-0.2, -0.15) is 0 Å². The van der Waals surface area contributed by atoms with E-state index in [0.717, 1.165) is 17.2 Å². The van der Waals surface area contributed by atoms with Gasteiger partial charge < -0.3 is 5.32 Å². The van der Waals surface area contributed by atoms with Gasteiger partial charge in [0.05, 0.1) is 12.2 Å². The summed E-state index contributed by atoms with van der Waals surface area (Å²) >= 11 is 1.77. The molecule has 1 aromatic heterocycles. The van der Waals surface area contributed by atoms with Crippen molar-refractivity contribution in [2.75, 3.05) is 5.32 Å². The molecule has 0 saturated heterocycles. The van der Waals surface area contributed by atoms with Crippen LogP contribution in [0.5, 0.6) is 0 Å². The first-order chi connectivity index (χ1) is 8.88. The van der Waals surface area contributed by atoms with Crippen molar-refractivity contribution in [1.29, 1.82) is 0 Å². The number of benzene rings is 1. The van der Waals surface area contributed by atoms with E-state index in [4.69, 9.17) is 0 Å². The second kappa shape index (κ2) is 5.33. The fourth-order valence-corrected chi connectivity index (χ4v) is 2.95. The number of hydrogen-bond acceptors (Lipinski definition) is 3. The number of anilines is 1. The van der Waals surface area contributed by atoms with Gasteiger partial charge in [0.25, 0.3) is 0 Å². The molecule has 0 aliphatic carbocycles. The fourth-order valence-electron chi connectivity index (χ4n) is 2.08. The third-order valence-electron chi connectivity index (χ3n) is 3.24. The maximum Gasteiger partial charge on any atom is 0.112 e. The van der Waals surface area contributed by atoms with Crippen LogP contribution in [0.4, 0.5) is 5.69 Å². The standard InChI is InChI=1S/C16H22N2S/c1-11-12(2)19-15(18-11)10-17-14-9-7-6-8-13(14)16(3,4)5/h6-9,17H,10H2,1-5H3. The first-order valence-corrected chi connectivity index (χ1v) is 7.46. The number of hydrogen-bond donors (Lipinski definition) is 1. The van der Waals surface area contributed by atoms with E-state index in [2.05, 4.69) is 69.2 Å². The average molecular weight is 274 g/mol. The van der Waals surface area contributed by atoms with Gasteiger partial charge in [0, 0.05) is 10.6 Å². The predicted molar refractivity (Wildman–Crippen MR) is 84.1 cm³/mol. The normalized spacial score (nSPS) is 11.6. The van der Waals surface area contributed by atoms with Crippen LogP contribution in [0.2, 0.25) is 0 Å². The van der Waals surface area contributed by atoms with Crippen LogP contribution in [-0.4, -0.2) is 4.98 Å². The van der Waals surface area contributed by atoms with E-state index in [0.29, 0.717) is 0 Å². The minimum Gasteiger partial charge on any atom is -0.378 e. The summed E-state index contributed by atoms with van der Waals surface area (Å²) in [6, 6.07) is 8.52. The van der Waals surface area contributed by atoms with E-state index in [9.17, 15) is 0 Å². The van der Waals surface area contributed by atoms with Gasteiger partial charge in [0.1, 0.15) is 5.01 Å². The molecule has 1 N–H and O–H groups in total. The van der Waals surface area contributed by atoms with Crippen molar-refractivity contribution in [3.63, 3.8) is 0 Å². The van der Waals surface area contributed by atoms with Gasteiger partial charge in [-0.15, -0.1) is 11.3 Å². The lowest BCUT2D eigenvalue weighted by molar-refractivity contribution is 0.591. The number of aromatic nitrogens is 1. The highest BCUT2D eigenvalue weighted by Gasteiger charge is 2.17. The lowest BCUT2D eigenvalue weighted by Gasteiger charge is -2.23. The molecular weight excluding hydrogens is 252 g/mol. The Labute approximate surface area is 119 Å². The molecule has 19 heavy (non-hydrogen) atoms. The molecule has 1 heterocycles. The molecule has 2 nitrogen and oxygen atoms in total. The minimum atomic E-state index is 0.151. The van der Waals surface area contributed by atoms with Crippen molar-refractivity contribution in [2.45, 2.75) is 46.6 Å². The van der Waals surface area contributed by atoms with Gasteiger partial charge in [-0.1, -0.05) is 39.0 Å². The molecule has 2 aromatic rings. The summed E-state index contributed by atoms with van der Waals surface area (Å²) in [4.78, 5) is 5.88. The molecule has 0 aliphatic heterocycles. The van der Waals surface area contributed by atoms with Crippen LogP contribution < -0.4 is 5.32 Å². The Morgan fingerprint density at radius 2 is 1.84 bits per heavy atom. The molecule has 0 atom stereocenters. The third kappa shape index (κ3) is 3.35. The summed E-state index contributed by atoms with van der Waals surface area (Å²) in [6.45, 7) is 11.7. The summed E-state index contributed by atoms with van der Waals surface area (Å²) in [5, 5.41) is 4.68. The Morgan fingerprint density at radius 1 is 1.16 bits per heavy atom. The summed E-state index contributed by atoms with van der Waals surface area (Å²) in [6.07, 6.45) is 0. The number of para-hydroxylation sites is 1. The van der Waals surface area contributed by atoms with Gasteiger partial charge in [0.2, 0.25) is 0 Å². The van der Waals surface area contributed by atoms with Crippen molar-refractivity contribution >= 4 is 17.0 Å². The maximum atomic E-state index is 4.57. The van der Waals surface area contributed by atoms with Gasteiger partial charge in [-0.25, -0.2) is 4.98 Å². The molecule has 0 unspecified atom stereocenters. The smallest absolute Gasteiger partial charge is 0.112 e. The highest BCUT2D eigenvalue weighted by atomic mass is 32.1. The number of thiazole rings is 1. The van der Waals surface area contributed by atoms with Crippen LogP contribution in [0.25, 0.3) is 0 Å². The van der Waals surface area contributed by atoms with E-state index in [1.807, 2.05) is 0 Å². The highest BCUT2D eigenvalue weighted by molar-refractivity contribution is 7.11. The third-order valence-corrected chi connectivity index (χ3v) is 4.31. The van der Waals surface area contributed by atoms with Crippen LogP contribution >= 0.6 is 11.3 Å². The molecule has 0 radical (unpaired) electrons. The quantitative estimate of drug-likeness (QED) is 0.879. The first kappa shape index (κ1) is 14.1. The van der Waals surface area contributed by atoms with E-state index < -0.39 is 0 Å². The summed E-state index contributed by atoms with van der Waals surface area (Å²) in [5.74, 6) is 0. The number of aryl methyl sites for hydroxylation is 2. The van der Waals surface area contributed by atoms with Crippen LogP contribution in [0.3, 0.4) is 0 Å². The molecule has 0 saturated carbocycles. The molecule has 102 valence electrons. The van der Waals surface area contributed by atoms with E-state index in [1.165, 1.54) is 16.1 Å². The first-order valence-electron chi connectivity index (χ1n) is 6.64. The Bertz CT molecular complexity index is 545. The van der Waals surface area contributed by atoms with Gasteiger partial charge in [-0.3, -0.25) is 0 Å². The van der Waals surface area contributed by atoms with Crippen molar-refractivity contribution in [3.05, 3.63) is 45.4 Å². The molecule has 0 aliphatic rings. The number of rotatable bonds is 3. The second-order valence-corrected chi connectivity index (χ2v) is 7.19. The number of nitrogens with one attached hydrogen (secondary N) is 1. The number of nitrogens with zero attached hydrogens (tertiary/aromatic N) is 1. The molecule has 0 bridgehead atoms. The lowest BCUT2D eigenvalue weighted by atomic mass is 9.86. The van der Waals surface area contributed by atoms with Crippen LogP contribution in [-0.2, 0) is 12.0 Å². The predicted octanol–water partition coefficient (Wildman–Crippen LogP) is 4.67. The Balaban J connectivity index is 2.16. The van der Waals surface area contributed by atoms with Crippen molar-refractivity contribution in [3.8, 4) is 0 Å². The zero-order valence-electron chi connectivity index (χ0n) is 12.4. The lowest BCUT2D eigenvalue weighted by Crippen LogP contribution is -2.14. The zero-order valence-corrected chi connectivity index (χ0v) is 13.2. The van der Waals surface area contributed by atoms with Crippen LogP contribution in [0.1, 0.15) is 41.9 Å². The van der Waals surface area contributed by atoms with Gasteiger partial charge >= 0.3 is 0 Å². The average Bonchev–Trinajstić information content (AvgIpc) is 2.65. The van der Waals surface area contributed by atoms with Crippen molar-refractivity contribution in [1.82, 2.24) is 4.98 Å². The largest absolute Gasteiger partial charge is 0.378 e. The van der Waals surface area contributed by atoms with E-state index in [1.54, 1.807) is 11.3 Å². The van der Waals surface area contributed by atoms with Gasteiger partial charge in [-0.05, 0) is 30.9 Å². The molecular formula is C16H22N2S. The monoisotopic (exact) mass is 274 g/mol. The zero-order chi connectivity index (χ0) is 14.0. The molecule has 1 aromatic carbocycles. The SMILES string of the molecule is Cc1nc(CNc2ccccc2C(C)(C)C)sc1C. The van der Waals surface area contributed by atoms with Crippen molar-refractivity contribution in [2.24, 2.45) is 0 Å². The Morgan fingerprint density at radius 3 is 2.42 bits per heavy atom. The molecule has 0 amide bonds. The molecule has 3 heteroatoms. The van der Waals surface area contributed by atoms with Gasteiger partial charge in [0.15, 0.2) is 0 Å². The maximum absolute atomic E-state index is 4.57. The Kier molecular flexibility index (Phi) is 3.95. The molecule has 0 spiro atoms. The van der Waals surface area contributed by atoms with Crippen LogP contribution in [0.15, 0.2) is 24.3 Å². The van der Waals surface area contributed by atoms with E-state index in [-0.39, 0.29) is 5.41 Å². The summed E-state index contributed by atoms with van der Waals surface area (Å²) < 4.78 is 0. The second-order valence-electron chi connectivity index (χ2n) is 5.90. The van der Waals surface area contributed by atoms with Crippen molar-refractivity contribution < 1.29 is 0 Å². The van der Waals surface area contributed by atoms with E-state index >= 15 is 0 Å². The highest BCUT2D eigenvalue weighted by Crippen LogP contribution is 2.29. The molecule has 0 fully saturated rings. The Hall–Kier alpha value is -1.35. The topological polar surface area (TPSA) is 24.9 Å². The summed E-state index contributed by atoms with van der Waals surface area (Å²) in [5.41, 5.74) is 3.85. The fraction of sp³-hybridized carbons (Fsp3) is 0.438.